The molecule has 1 aliphatic heterocycles. The molecule has 1 saturated heterocycles. The third kappa shape index (κ3) is 3.63. The Morgan fingerprint density at radius 2 is 2.06 bits per heavy atom. The van der Waals surface area contributed by atoms with E-state index in [4.69, 9.17) is 4.74 Å². The van der Waals surface area contributed by atoms with E-state index in [-0.39, 0.29) is 6.54 Å². The predicted octanol–water partition coefficient (Wildman–Crippen LogP) is 1.58. The Balaban J connectivity index is 2.88. The molecule has 0 aromatic heterocycles. The van der Waals surface area contributed by atoms with Crippen molar-refractivity contribution in [1.29, 1.82) is 0 Å². The number of rotatable bonds is 0. The Morgan fingerprint density at radius 1 is 1.47 bits per heavy atom. The smallest absolute Gasteiger partial charge is 0.359 e. The van der Waals surface area contributed by atoms with E-state index in [1.165, 1.54) is 20.8 Å². The van der Waals surface area contributed by atoms with Crippen LogP contribution in [0.1, 0.15) is 20.8 Å². The van der Waals surface area contributed by atoms with E-state index in [0.717, 1.165) is 4.90 Å². The zero-order valence-corrected chi connectivity index (χ0v) is 9.89. The molecular formula is C11H14F3NO2. The molecule has 1 amide bonds. The van der Waals surface area contributed by atoms with Gasteiger partial charge in [0.15, 0.2) is 6.10 Å². The first-order chi connectivity index (χ1) is 7.65. The molecule has 0 spiro atoms. The summed E-state index contributed by atoms with van der Waals surface area (Å²) >= 11 is 0. The minimum atomic E-state index is -4.48. The third-order valence-corrected chi connectivity index (χ3v) is 2.30. The van der Waals surface area contributed by atoms with Crippen LogP contribution in [-0.4, -0.2) is 41.8 Å². The summed E-state index contributed by atoms with van der Waals surface area (Å²) in [6, 6.07) is 0. The van der Waals surface area contributed by atoms with Gasteiger partial charge in [0.2, 0.25) is 0 Å². The molecule has 0 aromatic carbocycles. The summed E-state index contributed by atoms with van der Waals surface area (Å²) in [6.07, 6.45) is -6.43. The Labute approximate surface area is 97.9 Å². The van der Waals surface area contributed by atoms with Crippen LogP contribution in [0.2, 0.25) is 0 Å². The Morgan fingerprint density at radius 3 is 2.53 bits per heavy atom. The summed E-state index contributed by atoms with van der Waals surface area (Å²) in [5.74, 6) is 4.02. The van der Waals surface area contributed by atoms with Crippen LogP contribution in [0.5, 0.6) is 0 Å². The molecule has 6 heteroatoms. The molecule has 1 rings (SSSR count). The Bertz CT molecular complexity index is 365. The molecule has 0 N–H and O–H groups in total. The highest BCUT2D eigenvalue weighted by atomic mass is 19.4. The maximum Gasteiger partial charge on any atom is 0.416 e. The van der Waals surface area contributed by atoms with E-state index in [1.807, 2.05) is 0 Å². The second-order valence-electron chi connectivity index (χ2n) is 4.47. The molecule has 3 nitrogen and oxygen atoms in total. The first kappa shape index (κ1) is 13.8. The Hall–Kier alpha value is -1.22. The van der Waals surface area contributed by atoms with Crippen LogP contribution in [0.15, 0.2) is 0 Å². The van der Waals surface area contributed by atoms with Gasteiger partial charge in [-0.25, -0.2) is 0 Å². The second kappa shape index (κ2) is 4.57. The zero-order valence-electron chi connectivity index (χ0n) is 9.89. The van der Waals surface area contributed by atoms with E-state index in [0.29, 0.717) is 0 Å². The molecule has 0 bridgehead atoms. The van der Waals surface area contributed by atoms with Gasteiger partial charge in [0.05, 0.1) is 18.7 Å². The molecular weight excluding hydrogens is 235 g/mol. The summed E-state index contributed by atoms with van der Waals surface area (Å²) in [4.78, 5) is 12.6. The minimum absolute atomic E-state index is 0.104. The number of halogens is 3. The molecule has 1 atom stereocenters. The van der Waals surface area contributed by atoms with Gasteiger partial charge in [-0.05, 0) is 26.7 Å². The summed E-state index contributed by atoms with van der Waals surface area (Å²) in [5, 5.41) is 0. The van der Waals surface area contributed by atoms with Crippen molar-refractivity contribution in [2.24, 2.45) is 0 Å². The minimum Gasteiger partial charge on any atom is -0.359 e. The van der Waals surface area contributed by atoms with Crippen molar-refractivity contribution in [3.05, 3.63) is 0 Å². The number of morpholine rings is 1. The van der Waals surface area contributed by atoms with Crippen LogP contribution in [0.3, 0.4) is 0 Å². The standard InChI is InChI=1S/C11H14F3NO2/c1-4-5-9(16)15-6-8(11(12,13)14)17-10(2,3)7-15/h8H,6-7H2,1-3H3. The van der Waals surface area contributed by atoms with Crippen LogP contribution in [0, 0.1) is 11.8 Å². The largest absolute Gasteiger partial charge is 0.416 e. The number of amides is 1. The molecule has 0 saturated carbocycles. The second-order valence-corrected chi connectivity index (χ2v) is 4.47. The van der Waals surface area contributed by atoms with E-state index in [1.54, 1.807) is 0 Å². The molecule has 1 heterocycles. The van der Waals surface area contributed by atoms with Gasteiger partial charge in [-0.1, -0.05) is 5.92 Å². The van der Waals surface area contributed by atoms with Gasteiger partial charge in [-0.15, -0.1) is 0 Å². The molecule has 1 aliphatic rings. The van der Waals surface area contributed by atoms with Crippen molar-refractivity contribution < 1.29 is 22.7 Å². The van der Waals surface area contributed by atoms with Gasteiger partial charge in [0, 0.05) is 0 Å². The first-order valence-electron chi connectivity index (χ1n) is 5.12. The van der Waals surface area contributed by atoms with Crippen molar-refractivity contribution in [2.45, 2.75) is 38.7 Å². The average Bonchev–Trinajstić information content (AvgIpc) is 2.14. The molecule has 0 radical (unpaired) electrons. The number of nitrogens with zero attached hydrogens (tertiary/aromatic N) is 1. The van der Waals surface area contributed by atoms with E-state index in [9.17, 15) is 18.0 Å². The lowest BCUT2D eigenvalue weighted by atomic mass is 10.0. The fourth-order valence-corrected chi connectivity index (χ4v) is 1.70. The van der Waals surface area contributed by atoms with Crippen molar-refractivity contribution in [3.8, 4) is 11.8 Å². The number of alkyl halides is 3. The van der Waals surface area contributed by atoms with Gasteiger partial charge < -0.3 is 9.64 Å². The third-order valence-electron chi connectivity index (χ3n) is 2.30. The number of hydrogen-bond donors (Lipinski definition) is 0. The van der Waals surface area contributed by atoms with E-state index < -0.39 is 30.3 Å². The molecule has 0 aliphatic carbocycles. The number of hydrogen-bond acceptors (Lipinski definition) is 2. The molecule has 96 valence electrons. The first-order valence-corrected chi connectivity index (χ1v) is 5.12. The lowest BCUT2D eigenvalue weighted by molar-refractivity contribution is -0.269. The number of carbonyl (C=O) groups is 1. The maximum atomic E-state index is 12.6. The zero-order chi connectivity index (χ0) is 13.3. The molecule has 0 aromatic rings. The number of carbonyl (C=O) groups excluding carboxylic acids is 1. The van der Waals surface area contributed by atoms with E-state index >= 15 is 0 Å². The summed E-state index contributed by atoms with van der Waals surface area (Å²) < 4.78 is 42.8. The molecule has 1 fully saturated rings. The van der Waals surface area contributed by atoms with Crippen LogP contribution in [0.4, 0.5) is 13.2 Å². The topological polar surface area (TPSA) is 29.5 Å². The highest BCUT2D eigenvalue weighted by Gasteiger charge is 2.48. The van der Waals surface area contributed by atoms with Gasteiger partial charge in [-0.2, -0.15) is 13.2 Å². The summed E-state index contributed by atoms with van der Waals surface area (Å²) in [5.41, 5.74) is -1.02. The van der Waals surface area contributed by atoms with Gasteiger partial charge in [-0.3, -0.25) is 4.79 Å². The lowest BCUT2D eigenvalue weighted by Gasteiger charge is -2.42. The van der Waals surface area contributed by atoms with Crippen molar-refractivity contribution in [2.75, 3.05) is 13.1 Å². The summed E-state index contributed by atoms with van der Waals surface area (Å²) in [6.45, 7) is 4.10. The fraction of sp³-hybridized carbons (Fsp3) is 0.727. The fourth-order valence-electron chi connectivity index (χ4n) is 1.70. The van der Waals surface area contributed by atoms with Crippen molar-refractivity contribution in [3.63, 3.8) is 0 Å². The van der Waals surface area contributed by atoms with Gasteiger partial charge in [0.25, 0.3) is 5.91 Å². The summed E-state index contributed by atoms with van der Waals surface area (Å²) in [7, 11) is 0. The quantitative estimate of drug-likeness (QED) is 0.610. The van der Waals surface area contributed by atoms with Crippen LogP contribution in [0.25, 0.3) is 0 Å². The maximum absolute atomic E-state index is 12.6. The highest BCUT2D eigenvalue weighted by molar-refractivity contribution is 5.93. The van der Waals surface area contributed by atoms with Crippen molar-refractivity contribution in [1.82, 2.24) is 4.90 Å². The lowest BCUT2D eigenvalue weighted by Crippen LogP contribution is -2.58. The van der Waals surface area contributed by atoms with Crippen LogP contribution in [-0.2, 0) is 9.53 Å². The van der Waals surface area contributed by atoms with E-state index in [2.05, 4.69) is 11.8 Å². The normalized spacial score (nSPS) is 23.9. The Kier molecular flexibility index (Phi) is 3.72. The van der Waals surface area contributed by atoms with Gasteiger partial charge in [0.1, 0.15) is 0 Å². The van der Waals surface area contributed by atoms with Crippen LogP contribution < -0.4 is 0 Å². The van der Waals surface area contributed by atoms with Crippen LogP contribution >= 0.6 is 0 Å². The predicted molar refractivity (Wildman–Crippen MR) is 55.0 cm³/mol. The molecule has 17 heavy (non-hydrogen) atoms. The monoisotopic (exact) mass is 249 g/mol. The van der Waals surface area contributed by atoms with Gasteiger partial charge >= 0.3 is 6.18 Å². The highest BCUT2D eigenvalue weighted by Crippen LogP contribution is 2.31. The van der Waals surface area contributed by atoms with Crippen molar-refractivity contribution >= 4 is 5.91 Å². The molecule has 1 unspecified atom stereocenters. The SMILES string of the molecule is CC#CC(=O)N1CC(C(F)(F)F)OC(C)(C)C1. The average molecular weight is 249 g/mol. The number of ether oxygens (including phenoxy) is 1.